The van der Waals surface area contributed by atoms with E-state index in [1.807, 2.05) is 30.3 Å². The van der Waals surface area contributed by atoms with Gasteiger partial charge in [0.2, 0.25) is 5.91 Å². The molecule has 1 amide bonds. The number of carbonyl (C=O) groups excluding carboxylic acids is 1. The molecule has 1 aromatic carbocycles. The van der Waals surface area contributed by atoms with Gasteiger partial charge in [0.15, 0.2) is 0 Å². The molecule has 0 spiro atoms. The van der Waals surface area contributed by atoms with Gasteiger partial charge in [-0.25, -0.2) is 0 Å². The molecule has 2 aliphatic rings. The van der Waals surface area contributed by atoms with Crippen LogP contribution in [0.4, 0.5) is 0 Å². The van der Waals surface area contributed by atoms with E-state index in [4.69, 9.17) is 5.73 Å². The zero-order chi connectivity index (χ0) is 15.4. The fourth-order valence-electron chi connectivity index (χ4n) is 3.98. The summed E-state index contributed by atoms with van der Waals surface area (Å²) in [7, 11) is 0. The van der Waals surface area contributed by atoms with Crippen molar-refractivity contribution in [2.75, 3.05) is 26.2 Å². The van der Waals surface area contributed by atoms with E-state index in [0.717, 1.165) is 31.5 Å². The van der Waals surface area contributed by atoms with E-state index in [2.05, 4.69) is 9.80 Å². The maximum atomic E-state index is 12.0. The summed E-state index contributed by atoms with van der Waals surface area (Å²) < 4.78 is 0. The fraction of sp³-hybridized carbons (Fsp3) is 0.611. The average Bonchev–Trinajstić information content (AvgIpc) is 2.57. The Labute approximate surface area is 133 Å². The quantitative estimate of drug-likeness (QED) is 0.927. The Morgan fingerprint density at radius 1 is 1.00 bits per heavy atom. The smallest absolute Gasteiger partial charge is 0.239 e. The predicted octanol–water partition coefficient (Wildman–Crippen LogP) is 2.16. The third-order valence-electron chi connectivity index (χ3n) is 5.16. The minimum absolute atomic E-state index is 0.234. The summed E-state index contributed by atoms with van der Waals surface area (Å²) in [6, 6.07) is 10.4. The van der Waals surface area contributed by atoms with E-state index in [0.29, 0.717) is 6.04 Å². The molecule has 2 N–H and O–H groups in total. The first-order valence-corrected chi connectivity index (χ1v) is 8.58. The van der Waals surface area contributed by atoms with Crippen molar-refractivity contribution in [1.82, 2.24) is 9.80 Å². The molecule has 2 aliphatic heterocycles. The second-order valence-corrected chi connectivity index (χ2v) is 6.58. The Morgan fingerprint density at radius 2 is 1.64 bits per heavy atom. The molecular formula is C18H27N3O. The highest BCUT2D eigenvalue weighted by atomic mass is 16.1. The highest BCUT2D eigenvalue weighted by Gasteiger charge is 2.31. The minimum atomic E-state index is -0.275. The van der Waals surface area contributed by atoms with Crippen molar-refractivity contribution in [2.24, 2.45) is 5.73 Å². The number of carbonyl (C=O) groups is 1. The molecule has 2 saturated heterocycles. The number of amides is 1. The Bertz CT molecular complexity index is 476. The molecule has 0 aliphatic carbocycles. The molecule has 0 radical (unpaired) electrons. The van der Waals surface area contributed by atoms with Gasteiger partial charge in [-0.15, -0.1) is 0 Å². The molecule has 4 heteroatoms. The number of hydrogen-bond acceptors (Lipinski definition) is 3. The molecule has 120 valence electrons. The summed E-state index contributed by atoms with van der Waals surface area (Å²) in [6.45, 7) is 4.43. The summed E-state index contributed by atoms with van der Waals surface area (Å²) in [5.74, 6) is -0.234. The number of nitrogens with zero attached hydrogens (tertiary/aromatic N) is 2. The van der Waals surface area contributed by atoms with Crippen molar-refractivity contribution in [3.8, 4) is 0 Å². The molecule has 0 saturated carbocycles. The Morgan fingerprint density at radius 3 is 2.23 bits per heavy atom. The molecule has 4 nitrogen and oxygen atoms in total. The van der Waals surface area contributed by atoms with Crippen LogP contribution in [0.3, 0.4) is 0 Å². The van der Waals surface area contributed by atoms with Gasteiger partial charge in [0.25, 0.3) is 0 Å². The Hall–Kier alpha value is -1.39. The lowest BCUT2D eigenvalue weighted by atomic mass is 9.96. The second kappa shape index (κ2) is 7.25. The first-order chi connectivity index (χ1) is 10.8. The molecule has 2 heterocycles. The van der Waals surface area contributed by atoms with Crippen LogP contribution in [0.15, 0.2) is 30.3 Å². The van der Waals surface area contributed by atoms with Crippen molar-refractivity contribution in [1.29, 1.82) is 0 Å². The summed E-state index contributed by atoms with van der Waals surface area (Å²) in [6.07, 6.45) is 6.36. The number of benzene rings is 1. The topological polar surface area (TPSA) is 49.6 Å². The van der Waals surface area contributed by atoms with Gasteiger partial charge in [-0.05, 0) is 44.3 Å². The van der Waals surface area contributed by atoms with Crippen LogP contribution in [0.1, 0.15) is 43.7 Å². The maximum absolute atomic E-state index is 12.0. The molecule has 0 aromatic heterocycles. The zero-order valence-electron chi connectivity index (χ0n) is 13.3. The monoisotopic (exact) mass is 301 g/mol. The molecule has 0 unspecified atom stereocenters. The first kappa shape index (κ1) is 15.5. The van der Waals surface area contributed by atoms with Crippen molar-refractivity contribution < 1.29 is 4.79 Å². The van der Waals surface area contributed by atoms with Crippen LogP contribution >= 0.6 is 0 Å². The SMILES string of the molecule is NC(=O)[C@H](c1ccccc1)N1CCC(N2CCCCC2)CC1. The highest BCUT2D eigenvalue weighted by Crippen LogP contribution is 2.27. The van der Waals surface area contributed by atoms with E-state index in [9.17, 15) is 4.79 Å². The van der Waals surface area contributed by atoms with Gasteiger partial charge >= 0.3 is 0 Å². The molecule has 1 aromatic rings. The van der Waals surface area contributed by atoms with E-state index < -0.39 is 0 Å². The lowest BCUT2D eigenvalue weighted by molar-refractivity contribution is -0.124. The lowest BCUT2D eigenvalue weighted by Crippen LogP contribution is -2.49. The number of rotatable bonds is 4. The van der Waals surface area contributed by atoms with Gasteiger partial charge in [-0.3, -0.25) is 9.69 Å². The van der Waals surface area contributed by atoms with Gasteiger partial charge < -0.3 is 10.6 Å². The first-order valence-electron chi connectivity index (χ1n) is 8.58. The van der Waals surface area contributed by atoms with Gasteiger partial charge in [-0.2, -0.15) is 0 Å². The van der Waals surface area contributed by atoms with Gasteiger partial charge in [0, 0.05) is 19.1 Å². The average molecular weight is 301 g/mol. The van der Waals surface area contributed by atoms with Gasteiger partial charge in [-0.1, -0.05) is 36.8 Å². The fourth-order valence-corrected chi connectivity index (χ4v) is 3.98. The Balaban J connectivity index is 1.62. The summed E-state index contributed by atoms with van der Waals surface area (Å²) in [5, 5.41) is 0. The third kappa shape index (κ3) is 3.50. The number of nitrogens with two attached hydrogens (primary N) is 1. The second-order valence-electron chi connectivity index (χ2n) is 6.58. The van der Waals surface area contributed by atoms with Crippen molar-refractivity contribution >= 4 is 5.91 Å². The number of piperidine rings is 2. The van der Waals surface area contributed by atoms with Crippen LogP contribution in [-0.4, -0.2) is 47.9 Å². The standard InChI is InChI=1S/C18H27N3O/c19-18(22)17(15-7-3-1-4-8-15)21-13-9-16(10-14-21)20-11-5-2-6-12-20/h1,3-4,7-8,16-17H,2,5-6,9-14H2,(H2,19,22)/t17-/m0/s1. The highest BCUT2D eigenvalue weighted by molar-refractivity contribution is 5.81. The largest absolute Gasteiger partial charge is 0.368 e. The summed E-state index contributed by atoms with van der Waals surface area (Å²) in [4.78, 5) is 16.9. The molecular weight excluding hydrogens is 274 g/mol. The molecule has 22 heavy (non-hydrogen) atoms. The van der Waals surface area contributed by atoms with E-state index in [-0.39, 0.29) is 11.9 Å². The number of hydrogen-bond donors (Lipinski definition) is 1. The van der Waals surface area contributed by atoms with E-state index >= 15 is 0 Å². The molecule has 2 fully saturated rings. The normalized spacial score (nSPS) is 23.3. The third-order valence-corrected chi connectivity index (χ3v) is 5.16. The number of primary amides is 1. The van der Waals surface area contributed by atoms with Crippen LogP contribution < -0.4 is 5.73 Å². The van der Waals surface area contributed by atoms with Gasteiger partial charge in [0.05, 0.1) is 0 Å². The van der Waals surface area contributed by atoms with Crippen LogP contribution in [-0.2, 0) is 4.79 Å². The van der Waals surface area contributed by atoms with Crippen molar-refractivity contribution in [3.63, 3.8) is 0 Å². The van der Waals surface area contributed by atoms with Crippen LogP contribution in [0.25, 0.3) is 0 Å². The summed E-state index contributed by atoms with van der Waals surface area (Å²) >= 11 is 0. The van der Waals surface area contributed by atoms with E-state index in [1.165, 1.54) is 32.4 Å². The van der Waals surface area contributed by atoms with Gasteiger partial charge in [0.1, 0.15) is 6.04 Å². The predicted molar refractivity (Wildman–Crippen MR) is 88.4 cm³/mol. The zero-order valence-corrected chi connectivity index (χ0v) is 13.3. The van der Waals surface area contributed by atoms with Crippen LogP contribution in [0.2, 0.25) is 0 Å². The molecule has 3 rings (SSSR count). The number of likely N-dealkylation sites (tertiary alicyclic amines) is 2. The minimum Gasteiger partial charge on any atom is -0.368 e. The van der Waals surface area contributed by atoms with Crippen LogP contribution in [0, 0.1) is 0 Å². The molecule has 0 bridgehead atoms. The van der Waals surface area contributed by atoms with E-state index in [1.54, 1.807) is 0 Å². The summed E-state index contributed by atoms with van der Waals surface area (Å²) in [5.41, 5.74) is 6.71. The van der Waals surface area contributed by atoms with Crippen molar-refractivity contribution in [2.45, 2.75) is 44.2 Å². The Kier molecular flexibility index (Phi) is 5.11. The maximum Gasteiger partial charge on any atom is 0.239 e. The lowest BCUT2D eigenvalue weighted by Gasteiger charge is -2.42. The molecule has 1 atom stereocenters. The van der Waals surface area contributed by atoms with Crippen LogP contribution in [0.5, 0.6) is 0 Å². The van der Waals surface area contributed by atoms with Crippen molar-refractivity contribution in [3.05, 3.63) is 35.9 Å².